The summed E-state index contributed by atoms with van der Waals surface area (Å²) in [5.41, 5.74) is 6.72. The molecule has 2 unspecified atom stereocenters. The molecule has 8 heteroatoms. The summed E-state index contributed by atoms with van der Waals surface area (Å²) in [5.74, 6) is -0.0830. The number of carbonyl (C=O) groups excluding carboxylic acids is 1. The fraction of sp³-hybridized carbons (Fsp3) is 0.588. The average molecular weight is 369 g/mol. The first-order chi connectivity index (χ1) is 11.9. The van der Waals surface area contributed by atoms with Crippen LogP contribution >= 0.6 is 0 Å². The Morgan fingerprint density at radius 2 is 1.88 bits per heavy atom. The lowest BCUT2D eigenvalue weighted by atomic mass is 9.99. The fourth-order valence-corrected chi connectivity index (χ4v) is 3.94. The highest BCUT2D eigenvalue weighted by atomic mass is 32.2. The van der Waals surface area contributed by atoms with Gasteiger partial charge in [-0.3, -0.25) is 4.79 Å². The molecular formula is C17H27N3O4S. The van der Waals surface area contributed by atoms with Crippen LogP contribution in [0.1, 0.15) is 25.8 Å². The summed E-state index contributed by atoms with van der Waals surface area (Å²) in [6, 6.07) is 6.03. The van der Waals surface area contributed by atoms with Crippen molar-refractivity contribution in [3.8, 4) is 0 Å². The van der Waals surface area contributed by atoms with E-state index in [1.807, 2.05) is 13.8 Å². The van der Waals surface area contributed by atoms with Crippen LogP contribution in [0.4, 0.5) is 0 Å². The third-order valence-electron chi connectivity index (χ3n) is 4.56. The monoisotopic (exact) mass is 369 g/mol. The fourth-order valence-electron chi connectivity index (χ4n) is 2.53. The summed E-state index contributed by atoms with van der Waals surface area (Å²) in [4.78, 5) is 12.2. The molecule has 0 saturated carbocycles. The van der Waals surface area contributed by atoms with Gasteiger partial charge in [0, 0.05) is 19.6 Å². The highest BCUT2D eigenvalue weighted by molar-refractivity contribution is 7.89. The summed E-state index contributed by atoms with van der Waals surface area (Å²) >= 11 is 0. The van der Waals surface area contributed by atoms with Crippen LogP contribution in [0.25, 0.3) is 0 Å². The van der Waals surface area contributed by atoms with Crippen molar-refractivity contribution in [2.75, 3.05) is 26.3 Å². The summed E-state index contributed by atoms with van der Waals surface area (Å²) in [7, 11) is -3.49. The molecule has 0 bridgehead atoms. The maximum Gasteiger partial charge on any atom is 0.243 e. The van der Waals surface area contributed by atoms with Crippen molar-refractivity contribution in [3.63, 3.8) is 0 Å². The lowest BCUT2D eigenvalue weighted by Gasteiger charge is -2.26. The van der Waals surface area contributed by atoms with E-state index >= 15 is 0 Å². The van der Waals surface area contributed by atoms with Gasteiger partial charge in [0.15, 0.2) is 0 Å². The first-order valence-electron chi connectivity index (χ1n) is 8.56. The molecule has 0 aliphatic carbocycles. The number of morpholine rings is 1. The molecule has 0 radical (unpaired) electrons. The largest absolute Gasteiger partial charge is 0.379 e. The van der Waals surface area contributed by atoms with Crippen molar-refractivity contribution >= 4 is 15.9 Å². The summed E-state index contributed by atoms with van der Waals surface area (Å²) in [5, 5.41) is 2.80. The van der Waals surface area contributed by atoms with Gasteiger partial charge in [-0.2, -0.15) is 4.31 Å². The molecule has 1 aliphatic rings. The number of hydrogen-bond acceptors (Lipinski definition) is 5. The molecule has 1 amide bonds. The van der Waals surface area contributed by atoms with E-state index in [1.165, 1.54) is 4.31 Å². The minimum absolute atomic E-state index is 0.112. The molecule has 1 aliphatic heterocycles. The van der Waals surface area contributed by atoms with E-state index in [1.54, 1.807) is 24.3 Å². The Morgan fingerprint density at radius 1 is 1.28 bits per heavy atom. The third-order valence-corrected chi connectivity index (χ3v) is 6.47. The predicted octanol–water partition coefficient (Wildman–Crippen LogP) is 0.697. The van der Waals surface area contributed by atoms with Gasteiger partial charge in [0.25, 0.3) is 0 Å². The van der Waals surface area contributed by atoms with Gasteiger partial charge in [-0.05, 0) is 23.6 Å². The Labute approximate surface area is 149 Å². The number of ether oxygens (including phenoxy) is 1. The maximum atomic E-state index is 12.5. The molecule has 0 spiro atoms. The number of amides is 1. The number of nitrogens with one attached hydrogen (secondary N) is 1. The van der Waals surface area contributed by atoms with Gasteiger partial charge in [0.1, 0.15) is 0 Å². The summed E-state index contributed by atoms with van der Waals surface area (Å²) in [6.45, 7) is 5.82. The van der Waals surface area contributed by atoms with E-state index in [0.717, 1.165) is 12.0 Å². The second kappa shape index (κ2) is 8.75. The number of sulfonamides is 1. The predicted molar refractivity (Wildman–Crippen MR) is 95.3 cm³/mol. The summed E-state index contributed by atoms with van der Waals surface area (Å²) in [6.07, 6.45) is 0.836. The second-order valence-electron chi connectivity index (χ2n) is 6.29. The van der Waals surface area contributed by atoms with Crippen LogP contribution in [-0.4, -0.2) is 51.0 Å². The van der Waals surface area contributed by atoms with Crippen molar-refractivity contribution in [2.24, 2.45) is 11.7 Å². The number of benzene rings is 1. The van der Waals surface area contributed by atoms with Crippen LogP contribution in [0.5, 0.6) is 0 Å². The molecular weight excluding hydrogens is 342 g/mol. The number of nitrogens with two attached hydrogens (primary N) is 1. The molecule has 1 saturated heterocycles. The number of carbonyl (C=O) groups is 1. The van der Waals surface area contributed by atoms with E-state index in [-0.39, 0.29) is 16.7 Å². The van der Waals surface area contributed by atoms with Crippen LogP contribution in [0, 0.1) is 5.92 Å². The highest BCUT2D eigenvalue weighted by Gasteiger charge is 2.26. The van der Waals surface area contributed by atoms with Gasteiger partial charge in [0.2, 0.25) is 15.9 Å². The first-order valence-corrected chi connectivity index (χ1v) is 10.0. The van der Waals surface area contributed by atoms with Crippen LogP contribution in [0.15, 0.2) is 29.2 Å². The second-order valence-corrected chi connectivity index (χ2v) is 8.23. The zero-order valence-electron chi connectivity index (χ0n) is 14.8. The molecule has 2 rings (SSSR count). The number of rotatable bonds is 7. The zero-order chi connectivity index (χ0) is 18.4. The third kappa shape index (κ3) is 5.01. The first kappa shape index (κ1) is 19.8. The minimum Gasteiger partial charge on any atom is -0.379 e. The number of nitrogens with zero attached hydrogens (tertiary/aromatic N) is 1. The topological polar surface area (TPSA) is 102 Å². The molecule has 25 heavy (non-hydrogen) atoms. The SMILES string of the molecule is CCC(C)C(N)C(=O)NCc1ccc(S(=O)(=O)N2CCOCC2)cc1. The van der Waals surface area contributed by atoms with Crippen molar-refractivity contribution in [1.82, 2.24) is 9.62 Å². The lowest BCUT2D eigenvalue weighted by Crippen LogP contribution is -2.44. The van der Waals surface area contributed by atoms with E-state index in [0.29, 0.717) is 32.8 Å². The van der Waals surface area contributed by atoms with E-state index in [4.69, 9.17) is 10.5 Å². The smallest absolute Gasteiger partial charge is 0.243 e. The Balaban J connectivity index is 1.96. The van der Waals surface area contributed by atoms with Crippen LogP contribution in [0.2, 0.25) is 0 Å². The molecule has 1 aromatic carbocycles. The standard InChI is InChI=1S/C17H27N3O4S/c1-3-13(2)16(18)17(21)19-12-14-4-6-15(7-5-14)25(22,23)20-8-10-24-11-9-20/h4-7,13,16H,3,8-12,18H2,1-2H3,(H,19,21). The molecule has 1 heterocycles. The summed E-state index contributed by atoms with van der Waals surface area (Å²) < 4.78 is 31.7. The van der Waals surface area contributed by atoms with Crippen molar-refractivity contribution in [2.45, 2.75) is 37.8 Å². The molecule has 3 N–H and O–H groups in total. The highest BCUT2D eigenvalue weighted by Crippen LogP contribution is 2.17. The number of hydrogen-bond donors (Lipinski definition) is 2. The van der Waals surface area contributed by atoms with Gasteiger partial charge in [0.05, 0.1) is 24.2 Å². The van der Waals surface area contributed by atoms with Gasteiger partial charge in [-0.25, -0.2) is 8.42 Å². The van der Waals surface area contributed by atoms with Gasteiger partial charge in [-0.15, -0.1) is 0 Å². The molecule has 1 aromatic rings. The zero-order valence-corrected chi connectivity index (χ0v) is 15.6. The quantitative estimate of drug-likeness (QED) is 0.737. The van der Waals surface area contributed by atoms with Crippen molar-refractivity contribution < 1.29 is 17.9 Å². The molecule has 0 aromatic heterocycles. The van der Waals surface area contributed by atoms with Gasteiger partial charge < -0.3 is 15.8 Å². The van der Waals surface area contributed by atoms with E-state index in [9.17, 15) is 13.2 Å². The van der Waals surface area contributed by atoms with E-state index < -0.39 is 16.1 Å². The molecule has 1 fully saturated rings. The molecule has 140 valence electrons. The minimum atomic E-state index is -3.49. The Bertz CT molecular complexity index is 670. The van der Waals surface area contributed by atoms with Gasteiger partial charge in [-0.1, -0.05) is 32.4 Å². The Morgan fingerprint density at radius 3 is 2.44 bits per heavy atom. The Hall–Kier alpha value is -1.48. The average Bonchev–Trinajstić information content (AvgIpc) is 2.65. The van der Waals surface area contributed by atoms with E-state index in [2.05, 4.69) is 5.32 Å². The normalized spacial score (nSPS) is 18.5. The van der Waals surface area contributed by atoms with Crippen molar-refractivity contribution in [3.05, 3.63) is 29.8 Å². The molecule has 7 nitrogen and oxygen atoms in total. The van der Waals surface area contributed by atoms with Crippen LogP contribution in [-0.2, 0) is 26.1 Å². The lowest BCUT2D eigenvalue weighted by molar-refractivity contribution is -0.123. The molecule has 2 atom stereocenters. The van der Waals surface area contributed by atoms with Gasteiger partial charge >= 0.3 is 0 Å². The van der Waals surface area contributed by atoms with Crippen LogP contribution < -0.4 is 11.1 Å². The van der Waals surface area contributed by atoms with Crippen molar-refractivity contribution in [1.29, 1.82) is 0 Å². The van der Waals surface area contributed by atoms with Crippen LogP contribution in [0.3, 0.4) is 0 Å². The maximum absolute atomic E-state index is 12.5. The Kier molecular flexibility index (Phi) is 6.95.